The van der Waals surface area contributed by atoms with E-state index in [4.69, 9.17) is 0 Å². The van der Waals surface area contributed by atoms with Gasteiger partial charge in [-0.1, -0.05) is 24.3 Å². The minimum atomic E-state index is -1.13. The van der Waals surface area contributed by atoms with E-state index < -0.39 is 22.8 Å². The number of hydrogen-bond donors (Lipinski definition) is 2. The summed E-state index contributed by atoms with van der Waals surface area (Å²) in [5, 5.41) is 23.1. The van der Waals surface area contributed by atoms with Crippen molar-refractivity contribution < 1.29 is 19.6 Å². The topological polar surface area (TPSA) is 122 Å². The number of carboxylic acid groups (broad SMARTS) is 1. The molecule has 0 fully saturated rings. The van der Waals surface area contributed by atoms with Crippen molar-refractivity contribution in [1.29, 1.82) is 0 Å². The van der Waals surface area contributed by atoms with E-state index in [-0.39, 0.29) is 23.6 Å². The van der Waals surface area contributed by atoms with Gasteiger partial charge in [-0.25, -0.2) is 4.79 Å². The lowest BCUT2D eigenvalue weighted by Gasteiger charge is -2.28. The van der Waals surface area contributed by atoms with E-state index in [0.29, 0.717) is 5.69 Å². The van der Waals surface area contributed by atoms with Gasteiger partial charge < -0.3 is 10.4 Å². The lowest BCUT2D eigenvalue weighted by molar-refractivity contribution is -0.385. The third-order valence-electron chi connectivity index (χ3n) is 5.15. The van der Waals surface area contributed by atoms with Crippen molar-refractivity contribution in [3.05, 3.63) is 69.0 Å². The summed E-state index contributed by atoms with van der Waals surface area (Å²) in [6.07, 6.45) is 4.12. The number of pyridine rings is 1. The molecule has 0 spiro atoms. The second-order valence-corrected chi connectivity index (χ2v) is 6.97. The van der Waals surface area contributed by atoms with Crippen molar-refractivity contribution >= 4 is 17.6 Å². The fraction of sp³-hybridized carbons (Fsp3) is 0.350. The zero-order chi connectivity index (χ0) is 20.3. The van der Waals surface area contributed by atoms with Gasteiger partial charge in [0.05, 0.1) is 16.2 Å². The van der Waals surface area contributed by atoms with E-state index in [0.717, 1.165) is 37.1 Å². The summed E-state index contributed by atoms with van der Waals surface area (Å²) in [7, 11) is 0. The maximum absolute atomic E-state index is 12.6. The quantitative estimate of drug-likeness (QED) is 0.584. The first-order chi connectivity index (χ1) is 13.4. The average molecular weight is 383 g/mol. The highest BCUT2D eigenvalue weighted by molar-refractivity contribution is 5.97. The van der Waals surface area contributed by atoms with E-state index >= 15 is 0 Å². The predicted octanol–water partition coefficient (Wildman–Crippen LogP) is 2.99. The highest BCUT2D eigenvalue weighted by Crippen LogP contribution is 2.34. The van der Waals surface area contributed by atoms with Gasteiger partial charge in [-0.3, -0.25) is 19.9 Å². The van der Waals surface area contributed by atoms with Gasteiger partial charge in [-0.2, -0.15) is 0 Å². The van der Waals surface area contributed by atoms with Crippen molar-refractivity contribution in [2.24, 2.45) is 0 Å². The van der Waals surface area contributed by atoms with Gasteiger partial charge in [0, 0.05) is 6.07 Å². The molecule has 1 aliphatic rings. The van der Waals surface area contributed by atoms with Gasteiger partial charge in [0.2, 0.25) is 0 Å². The maximum atomic E-state index is 12.6. The monoisotopic (exact) mass is 383 g/mol. The number of fused-ring (bicyclic) bond motifs is 1. The van der Waals surface area contributed by atoms with E-state index in [1.165, 1.54) is 5.56 Å². The molecule has 1 aliphatic carbocycles. The summed E-state index contributed by atoms with van der Waals surface area (Å²) in [6, 6.07) is 7.98. The number of nitro groups is 1. The van der Waals surface area contributed by atoms with Crippen LogP contribution in [0.2, 0.25) is 0 Å². The molecular weight excluding hydrogens is 362 g/mol. The number of aryl methyl sites for hydroxylation is 2. The molecule has 0 saturated carbocycles. The fourth-order valence-corrected chi connectivity index (χ4v) is 3.69. The van der Waals surface area contributed by atoms with Crippen LogP contribution in [0.4, 0.5) is 5.69 Å². The SMILES string of the molecule is Cc1ncc([N+](=O)[O-])cc1C(=O)NC(CC1CCCc2ccccc21)C(=O)O. The molecule has 3 rings (SSSR count). The lowest BCUT2D eigenvalue weighted by Crippen LogP contribution is -2.42. The number of carbonyl (C=O) groups is 2. The number of aliphatic carboxylic acids is 1. The number of nitrogens with zero attached hydrogens (tertiary/aromatic N) is 2. The molecule has 2 atom stereocenters. The number of aromatic nitrogens is 1. The molecule has 2 unspecified atom stereocenters. The number of benzene rings is 1. The summed E-state index contributed by atoms with van der Waals surface area (Å²) >= 11 is 0. The van der Waals surface area contributed by atoms with Crippen LogP contribution in [-0.4, -0.2) is 32.9 Å². The second-order valence-electron chi connectivity index (χ2n) is 6.97. The van der Waals surface area contributed by atoms with Crippen molar-refractivity contribution in [1.82, 2.24) is 10.3 Å². The molecule has 1 heterocycles. The Bertz CT molecular complexity index is 928. The van der Waals surface area contributed by atoms with Crippen LogP contribution in [0.25, 0.3) is 0 Å². The summed E-state index contributed by atoms with van der Waals surface area (Å²) in [5.41, 5.74) is 2.33. The maximum Gasteiger partial charge on any atom is 0.326 e. The van der Waals surface area contributed by atoms with Crippen molar-refractivity contribution in [3.8, 4) is 0 Å². The van der Waals surface area contributed by atoms with Crippen molar-refractivity contribution in [3.63, 3.8) is 0 Å². The molecule has 8 heteroatoms. The Morgan fingerprint density at radius 3 is 2.86 bits per heavy atom. The minimum Gasteiger partial charge on any atom is -0.480 e. The highest BCUT2D eigenvalue weighted by Gasteiger charge is 2.29. The van der Waals surface area contributed by atoms with E-state index in [2.05, 4.69) is 10.3 Å². The third-order valence-corrected chi connectivity index (χ3v) is 5.15. The first-order valence-corrected chi connectivity index (χ1v) is 9.09. The molecule has 28 heavy (non-hydrogen) atoms. The molecule has 8 nitrogen and oxygen atoms in total. The van der Waals surface area contributed by atoms with Gasteiger partial charge in [-0.05, 0) is 49.7 Å². The van der Waals surface area contributed by atoms with Crippen LogP contribution < -0.4 is 5.32 Å². The predicted molar refractivity (Wildman–Crippen MR) is 101 cm³/mol. The van der Waals surface area contributed by atoms with Crippen LogP contribution in [0, 0.1) is 17.0 Å². The Morgan fingerprint density at radius 1 is 1.39 bits per heavy atom. The summed E-state index contributed by atoms with van der Waals surface area (Å²) in [6.45, 7) is 1.55. The Labute approximate surface area is 161 Å². The molecule has 1 aromatic carbocycles. The van der Waals surface area contributed by atoms with Crippen LogP contribution in [0.15, 0.2) is 36.5 Å². The number of rotatable bonds is 6. The fourth-order valence-electron chi connectivity index (χ4n) is 3.69. The van der Waals surface area contributed by atoms with Crippen LogP contribution in [0.5, 0.6) is 0 Å². The Kier molecular flexibility index (Phi) is 5.67. The van der Waals surface area contributed by atoms with E-state index in [1.54, 1.807) is 6.92 Å². The van der Waals surface area contributed by atoms with Crippen LogP contribution in [0.1, 0.15) is 52.4 Å². The molecule has 0 aliphatic heterocycles. The summed E-state index contributed by atoms with van der Waals surface area (Å²) < 4.78 is 0. The van der Waals surface area contributed by atoms with Crippen molar-refractivity contribution in [2.45, 2.75) is 44.6 Å². The van der Waals surface area contributed by atoms with Gasteiger partial charge in [-0.15, -0.1) is 0 Å². The normalized spacial score (nSPS) is 16.7. The minimum absolute atomic E-state index is 0.00416. The van der Waals surface area contributed by atoms with Gasteiger partial charge >= 0.3 is 5.97 Å². The first-order valence-electron chi connectivity index (χ1n) is 9.09. The van der Waals surface area contributed by atoms with E-state index in [9.17, 15) is 24.8 Å². The second kappa shape index (κ2) is 8.16. The molecule has 0 saturated heterocycles. The lowest BCUT2D eigenvalue weighted by atomic mass is 9.79. The smallest absolute Gasteiger partial charge is 0.326 e. The molecule has 2 aromatic rings. The summed E-state index contributed by atoms with van der Waals surface area (Å²) in [5.74, 6) is -1.77. The number of carbonyl (C=O) groups excluding carboxylic acids is 1. The molecule has 146 valence electrons. The molecule has 0 radical (unpaired) electrons. The van der Waals surface area contributed by atoms with Crippen LogP contribution in [0.3, 0.4) is 0 Å². The highest BCUT2D eigenvalue weighted by atomic mass is 16.6. The molecule has 2 N–H and O–H groups in total. The molecule has 1 amide bonds. The molecular formula is C20H21N3O5. The number of hydrogen-bond acceptors (Lipinski definition) is 5. The number of carboxylic acids is 1. The Balaban J connectivity index is 1.79. The van der Waals surface area contributed by atoms with Crippen LogP contribution in [-0.2, 0) is 11.2 Å². The number of amides is 1. The van der Waals surface area contributed by atoms with E-state index in [1.807, 2.05) is 24.3 Å². The Hall–Kier alpha value is -3.29. The number of nitrogens with one attached hydrogen (secondary N) is 1. The zero-order valence-electron chi connectivity index (χ0n) is 15.4. The first kappa shape index (κ1) is 19.5. The van der Waals surface area contributed by atoms with Crippen LogP contribution >= 0.6 is 0 Å². The molecule has 1 aromatic heterocycles. The molecule has 0 bridgehead atoms. The Morgan fingerprint density at radius 2 is 2.14 bits per heavy atom. The average Bonchev–Trinajstić information content (AvgIpc) is 2.67. The largest absolute Gasteiger partial charge is 0.480 e. The zero-order valence-corrected chi connectivity index (χ0v) is 15.4. The van der Waals surface area contributed by atoms with Gasteiger partial charge in [0.15, 0.2) is 0 Å². The third kappa shape index (κ3) is 4.16. The van der Waals surface area contributed by atoms with Gasteiger partial charge in [0.1, 0.15) is 12.2 Å². The summed E-state index contributed by atoms with van der Waals surface area (Å²) in [4.78, 5) is 38.5. The van der Waals surface area contributed by atoms with Crippen molar-refractivity contribution in [2.75, 3.05) is 0 Å². The van der Waals surface area contributed by atoms with Gasteiger partial charge in [0.25, 0.3) is 11.6 Å². The standard InChI is InChI=1S/C20H21N3O5/c1-12-17(10-15(11-21-12)23(27)28)19(24)22-18(20(25)26)9-14-7-4-6-13-5-2-3-8-16(13)14/h2-3,5,8,10-11,14,18H,4,6-7,9H2,1H3,(H,22,24)(H,25,26).